The third-order valence-corrected chi connectivity index (χ3v) is 3.05. The van der Waals surface area contributed by atoms with E-state index in [0.717, 1.165) is 31.8 Å². The number of hydrogen-bond donors (Lipinski definition) is 0. The molecule has 0 radical (unpaired) electrons. The molecule has 1 fully saturated rings. The number of aryl methyl sites for hydroxylation is 1. The molecule has 0 saturated carbocycles. The maximum absolute atomic E-state index is 12.0. The van der Waals surface area contributed by atoms with E-state index in [1.165, 1.54) is 6.20 Å². The van der Waals surface area contributed by atoms with Gasteiger partial charge in [0.05, 0.1) is 6.20 Å². The lowest BCUT2D eigenvalue weighted by molar-refractivity contribution is 0.0695. The largest absolute Gasteiger partial charge is 0.361 e. The fraction of sp³-hybridized carbons (Fsp3) is 0.636. The zero-order valence-corrected chi connectivity index (χ0v) is 9.19. The highest BCUT2D eigenvalue weighted by atomic mass is 16.5. The Morgan fingerprint density at radius 2 is 2.20 bits per heavy atom. The predicted molar refractivity (Wildman–Crippen MR) is 55.5 cm³/mol. The van der Waals surface area contributed by atoms with Gasteiger partial charge in [-0.15, -0.1) is 0 Å². The lowest BCUT2D eigenvalue weighted by Crippen LogP contribution is -2.38. The number of aromatic nitrogens is 1. The molecule has 2 heterocycles. The minimum atomic E-state index is 0.0562. The highest BCUT2D eigenvalue weighted by Crippen LogP contribution is 2.19. The molecule has 2 rings (SSSR count). The van der Waals surface area contributed by atoms with Gasteiger partial charge in [0.1, 0.15) is 11.3 Å². The Morgan fingerprint density at radius 1 is 1.53 bits per heavy atom. The number of hydrogen-bond acceptors (Lipinski definition) is 3. The zero-order chi connectivity index (χ0) is 10.8. The minimum Gasteiger partial charge on any atom is -0.361 e. The second-order valence-electron chi connectivity index (χ2n) is 4.27. The van der Waals surface area contributed by atoms with E-state index in [9.17, 15) is 4.79 Å². The number of rotatable bonds is 1. The molecule has 0 aliphatic carbocycles. The average Bonchev–Trinajstić information content (AvgIpc) is 2.65. The van der Waals surface area contributed by atoms with Crippen LogP contribution in [-0.4, -0.2) is 29.1 Å². The van der Waals surface area contributed by atoms with Crippen molar-refractivity contribution in [1.29, 1.82) is 0 Å². The van der Waals surface area contributed by atoms with Gasteiger partial charge >= 0.3 is 0 Å². The Bertz CT molecular complexity index is 351. The first-order valence-electron chi connectivity index (χ1n) is 5.39. The van der Waals surface area contributed by atoms with Crippen molar-refractivity contribution in [2.24, 2.45) is 5.92 Å². The number of amides is 1. The van der Waals surface area contributed by atoms with Crippen molar-refractivity contribution in [3.05, 3.63) is 17.5 Å². The van der Waals surface area contributed by atoms with Gasteiger partial charge in [-0.3, -0.25) is 4.79 Å². The summed E-state index contributed by atoms with van der Waals surface area (Å²) in [6.45, 7) is 5.70. The van der Waals surface area contributed by atoms with Gasteiger partial charge in [0, 0.05) is 13.1 Å². The minimum absolute atomic E-state index is 0.0562. The molecule has 82 valence electrons. The fourth-order valence-electron chi connectivity index (χ4n) is 1.89. The van der Waals surface area contributed by atoms with Crippen molar-refractivity contribution in [3.8, 4) is 0 Å². The molecule has 0 bridgehead atoms. The summed E-state index contributed by atoms with van der Waals surface area (Å²) in [6.07, 6.45) is 3.70. The van der Waals surface area contributed by atoms with E-state index in [1.54, 1.807) is 6.92 Å². The lowest BCUT2D eigenvalue weighted by Gasteiger charge is -2.29. The van der Waals surface area contributed by atoms with E-state index in [2.05, 4.69) is 12.1 Å². The zero-order valence-electron chi connectivity index (χ0n) is 9.19. The first-order valence-corrected chi connectivity index (χ1v) is 5.39. The second-order valence-corrected chi connectivity index (χ2v) is 4.27. The molecule has 1 aliphatic rings. The Morgan fingerprint density at radius 3 is 2.73 bits per heavy atom. The van der Waals surface area contributed by atoms with Gasteiger partial charge in [0.25, 0.3) is 5.91 Å². The normalized spacial score (nSPS) is 18.1. The highest BCUT2D eigenvalue weighted by Gasteiger charge is 2.23. The summed E-state index contributed by atoms with van der Waals surface area (Å²) in [5, 5.41) is 3.63. The fourth-order valence-corrected chi connectivity index (χ4v) is 1.89. The smallest absolute Gasteiger partial charge is 0.259 e. The monoisotopic (exact) mass is 208 g/mol. The Labute approximate surface area is 89.2 Å². The molecule has 1 amide bonds. The molecule has 1 saturated heterocycles. The topological polar surface area (TPSA) is 46.3 Å². The van der Waals surface area contributed by atoms with Crippen molar-refractivity contribution in [1.82, 2.24) is 10.1 Å². The van der Waals surface area contributed by atoms with E-state index in [1.807, 2.05) is 4.90 Å². The van der Waals surface area contributed by atoms with Crippen LogP contribution in [0.3, 0.4) is 0 Å². The van der Waals surface area contributed by atoms with Crippen LogP contribution in [0.1, 0.15) is 35.9 Å². The Hall–Kier alpha value is -1.32. The summed E-state index contributed by atoms with van der Waals surface area (Å²) in [5.41, 5.74) is 0.601. The summed E-state index contributed by atoms with van der Waals surface area (Å²) in [5.74, 6) is 1.40. The van der Waals surface area contributed by atoms with E-state index in [-0.39, 0.29) is 5.91 Å². The van der Waals surface area contributed by atoms with Gasteiger partial charge in [-0.1, -0.05) is 12.1 Å². The van der Waals surface area contributed by atoms with Crippen molar-refractivity contribution in [2.45, 2.75) is 26.7 Å². The second kappa shape index (κ2) is 4.04. The summed E-state index contributed by atoms with van der Waals surface area (Å²) < 4.78 is 4.90. The molecule has 0 unspecified atom stereocenters. The van der Waals surface area contributed by atoms with Crippen LogP contribution in [0.25, 0.3) is 0 Å². The number of carbonyl (C=O) groups is 1. The third-order valence-electron chi connectivity index (χ3n) is 3.05. The van der Waals surface area contributed by atoms with E-state index in [0.29, 0.717) is 11.3 Å². The van der Waals surface area contributed by atoms with E-state index in [4.69, 9.17) is 4.52 Å². The van der Waals surface area contributed by atoms with Gasteiger partial charge in [0.15, 0.2) is 0 Å². The summed E-state index contributed by atoms with van der Waals surface area (Å²) >= 11 is 0. The van der Waals surface area contributed by atoms with Crippen molar-refractivity contribution >= 4 is 5.91 Å². The first-order chi connectivity index (χ1) is 7.18. The summed E-state index contributed by atoms with van der Waals surface area (Å²) in [4.78, 5) is 13.9. The predicted octanol–water partition coefficient (Wildman–Crippen LogP) is 1.86. The first kappa shape index (κ1) is 10.2. The molecule has 0 atom stereocenters. The molecular formula is C11H16N2O2. The van der Waals surface area contributed by atoms with Gasteiger partial charge < -0.3 is 9.42 Å². The van der Waals surface area contributed by atoms with Crippen LogP contribution < -0.4 is 0 Å². The van der Waals surface area contributed by atoms with Crippen LogP contribution in [0.4, 0.5) is 0 Å². The Kier molecular flexibility index (Phi) is 2.75. The SMILES string of the molecule is Cc1oncc1C(=O)N1CCC(C)CC1. The van der Waals surface area contributed by atoms with Crippen molar-refractivity contribution < 1.29 is 9.32 Å². The van der Waals surface area contributed by atoms with Crippen LogP contribution in [-0.2, 0) is 0 Å². The van der Waals surface area contributed by atoms with Crippen LogP contribution >= 0.6 is 0 Å². The van der Waals surface area contributed by atoms with Crippen LogP contribution in [0.2, 0.25) is 0 Å². The lowest BCUT2D eigenvalue weighted by atomic mass is 9.99. The maximum atomic E-state index is 12.0. The maximum Gasteiger partial charge on any atom is 0.259 e. The van der Waals surface area contributed by atoms with Gasteiger partial charge in [-0.2, -0.15) is 0 Å². The average molecular weight is 208 g/mol. The van der Waals surface area contributed by atoms with Crippen LogP contribution in [0, 0.1) is 12.8 Å². The summed E-state index contributed by atoms with van der Waals surface area (Å²) in [6, 6.07) is 0. The van der Waals surface area contributed by atoms with Gasteiger partial charge in [-0.25, -0.2) is 0 Å². The van der Waals surface area contributed by atoms with Gasteiger partial charge in [-0.05, 0) is 25.7 Å². The molecule has 0 aromatic carbocycles. The number of piperidine rings is 1. The molecule has 4 nitrogen and oxygen atoms in total. The number of carbonyl (C=O) groups excluding carboxylic acids is 1. The van der Waals surface area contributed by atoms with Crippen molar-refractivity contribution in [2.75, 3.05) is 13.1 Å². The Balaban J connectivity index is 2.06. The summed E-state index contributed by atoms with van der Waals surface area (Å²) in [7, 11) is 0. The van der Waals surface area contributed by atoms with E-state index < -0.39 is 0 Å². The van der Waals surface area contributed by atoms with Crippen molar-refractivity contribution in [3.63, 3.8) is 0 Å². The highest BCUT2D eigenvalue weighted by molar-refractivity contribution is 5.94. The molecule has 1 aliphatic heterocycles. The van der Waals surface area contributed by atoms with Gasteiger partial charge in [0.2, 0.25) is 0 Å². The van der Waals surface area contributed by atoms with E-state index >= 15 is 0 Å². The van der Waals surface area contributed by atoms with Crippen LogP contribution in [0.5, 0.6) is 0 Å². The quantitative estimate of drug-likeness (QED) is 0.707. The molecule has 15 heavy (non-hydrogen) atoms. The van der Waals surface area contributed by atoms with Crippen LogP contribution in [0.15, 0.2) is 10.7 Å². The third kappa shape index (κ3) is 2.03. The molecule has 1 aromatic heterocycles. The molecule has 4 heteroatoms. The number of nitrogens with zero attached hydrogens (tertiary/aromatic N) is 2. The molecule has 0 N–H and O–H groups in total. The molecule has 1 aromatic rings. The molecular weight excluding hydrogens is 192 g/mol. The standard InChI is InChI=1S/C11H16N2O2/c1-8-3-5-13(6-4-8)11(14)10-7-12-15-9(10)2/h7-8H,3-6H2,1-2H3. The number of likely N-dealkylation sites (tertiary alicyclic amines) is 1. The molecule has 0 spiro atoms.